The van der Waals surface area contributed by atoms with Gasteiger partial charge in [0.1, 0.15) is 0 Å². The molecule has 1 aromatic carbocycles. The molecule has 0 bridgehead atoms. The number of likely N-dealkylation sites (N-methyl/N-ethyl adjacent to an activating group) is 1. The normalized spacial score (nSPS) is 13.2. The summed E-state index contributed by atoms with van der Waals surface area (Å²) >= 11 is 0. The number of rotatable bonds is 4. The highest BCUT2D eigenvalue weighted by atomic mass is 14.9. The molecule has 0 fully saturated rings. The van der Waals surface area contributed by atoms with Gasteiger partial charge in [-0.15, -0.1) is 0 Å². The molecule has 86 valence electrons. The fourth-order valence-corrected chi connectivity index (χ4v) is 2.30. The van der Waals surface area contributed by atoms with Crippen molar-refractivity contribution < 1.29 is 0 Å². The molecule has 0 radical (unpaired) electrons. The summed E-state index contributed by atoms with van der Waals surface area (Å²) in [5.41, 5.74) is 2.77. The molecule has 1 unspecified atom stereocenters. The summed E-state index contributed by atoms with van der Waals surface area (Å²) in [6.07, 6.45) is 4.53. The first kappa shape index (κ1) is 11.2. The van der Waals surface area contributed by atoms with Gasteiger partial charge in [0.05, 0.1) is 0 Å². The predicted octanol–water partition coefficient (Wildman–Crippen LogP) is 2.72. The van der Waals surface area contributed by atoms with E-state index in [2.05, 4.69) is 54.3 Å². The lowest BCUT2D eigenvalue weighted by Gasteiger charge is -2.12. The number of aromatic nitrogens is 1. The number of nitrogens with one attached hydrogen (secondary N) is 1. The summed E-state index contributed by atoms with van der Waals surface area (Å²) in [5.74, 6) is 0. The van der Waals surface area contributed by atoms with Crippen molar-refractivity contribution >= 4 is 10.9 Å². The topological polar surface area (TPSA) is 17.0 Å². The molecule has 2 nitrogen and oxygen atoms in total. The average Bonchev–Trinajstić information content (AvgIpc) is 2.64. The highest BCUT2D eigenvalue weighted by Gasteiger charge is 2.10. The summed E-state index contributed by atoms with van der Waals surface area (Å²) in [6, 6.07) is 9.19. The molecule has 16 heavy (non-hydrogen) atoms. The SMILES string of the molecule is CCC(Cc1cn(C)c2ccccc12)NC. The Hall–Kier alpha value is -1.28. The zero-order valence-electron chi connectivity index (χ0n) is 10.3. The standard InChI is InChI=1S/C14H20N2/c1-4-12(15-2)9-11-10-16(3)14-8-6-5-7-13(11)14/h5-8,10,12,15H,4,9H2,1-3H3. The van der Waals surface area contributed by atoms with Gasteiger partial charge in [-0.05, 0) is 31.5 Å². The summed E-state index contributed by atoms with van der Waals surface area (Å²) in [6.45, 7) is 2.23. The highest BCUT2D eigenvalue weighted by molar-refractivity contribution is 5.83. The van der Waals surface area contributed by atoms with E-state index in [-0.39, 0.29) is 0 Å². The lowest BCUT2D eigenvalue weighted by atomic mass is 10.0. The van der Waals surface area contributed by atoms with Crippen LogP contribution in [0.1, 0.15) is 18.9 Å². The minimum atomic E-state index is 0.575. The van der Waals surface area contributed by atoms with E-state index >= 15 is 0 Å². The molecule has 0 amide bonds. The molecule has 0 saturated carbocycles. The molecule has 2 heteroatoms. The molecule has 2 rings (SSSR count). The van der Waals surface area contributed by atoms with Gasteiger partial charge in [-0.25, -0.2) is 0 Å². The second-order valence-electron chi connectivity index (χ2n) is 4.38. The van der Waals surface area contributed by atoms with Crippen molar-refractivity contribution in [3.8, 4) is 0 Å². The number of hydrogen-bond donors (Lipinski definition) is 1. The van der Waals surface area contributed by atoms with Crippen molar-refractivity contribution in [2.75, 3.05) is 7.05 Å². The Morgan fingerprint density at radius 3 is 2.75 bits per heavy atom. The third-order valence-electron chi connectivity index (χ3n) is 3.35. The highest BCUT2D eigenvalue weighted by Crippen LogP contribution is 2.21. The molecule has 1 N–H and O–H groups in total. The van der Waals surface area contributed by atoms with Crippen molar-refractivity contribution in [3.63, 3.8) is 0 Å². The molecule has 1 atom stereocenters. The van der Waals surface area contributed by atoms with E-state index < -0.39 is 0 Å². The van der Waals surface area contributed by atoms with E-state index in [1.54, 1.807) is 0 Å². The van der Waals surface area contributed by atoms with Crippen LogP contribution in [0.2, 0.25) is 0 Å². The largest absolute Gasteiger partial charge is 0.350 e. The van der Waals surface area contributed by atoms with Gasteiger partial charge in [-0.3, -0.25) is 0 Å². The lowest BCUT2D eigenvalue weighted by molar-refractivity contribution is 0.544. The Morgan fingerprint density at radius 2 is 2.06 bits per heavy atom. The number of nitrogens with zero attached hydrogens (tertiary/aromatic N) is 1. The van der Waals surface area contributed by atoms with E-state index in [9.17, 15) is 0 Å². The molecule has 0 saturated heterocycles. The Morgan fingerprint density at radius 1 is 1.31 bits per heavy atom. The predicted molar refractivity (Wildman–Crippen MR) is 69.8 cm³/mol. The van der Waals surface area contributed by atoms with Crippen LogP contribution >= 0.6 is 0 Å². The Labute approximate surface area is 97.3 Å². The minimum absolute atomic E-state index is 0.575. The van der Waals surface area contributed by atoms with Crippen molar-refractivity contribution in [1.29, 1.82) is 0 Å². The molecule has 0 spiro atoms. The van der Waals surface area contributed by atoms with Crippen molar-refractivity contribution in [2.45, 2.75) is 25.8 Å². The van der Waals surface area contributed by atoms with Crippen molar-refractivity contribution in [2.24, 2.45) is 7.05 Å². The third kappa shape index (κ3) is 1.98. The molecule has 1 aromatic heterocycles. The Kier molecular flexibility index (Phi) is 3.30. The lowest BCUT2D eigenvalue weighted by Crippen LogP contribution is -2.26. The third-order valence-corrected chi connectivity index (χ3v) is 3.35. The molecule has 1 heterocycles. The van der Waals surface area contributed by atoms with Gasteiger partial charge in [-0.2, -0.15) is 0 Å². The van der Waals surface area contributed by atoms with Gasteiger partial charge in [-0.1, -0.05) is 25.1 Å². The van der Waals surface area contributed by atoms with Gasteiger partial charge in [0.15, 0.2) is 0 Å². The van der Waals surface area contributed by atoms with Gasteiger partial charge in [0.2, 0.25) is 0 Å². The van der Waals surface area contributed by atoms with Crippen LogP contribution in [-0.4, -0.2) is 17.7 Å². The molecular weight excluding hydrogens is 196 g/mol. The number of para-hydroxylation sites is 1. The summed E-state index contributed by atoms with van der Waals surface area (Å²) in [5, 5.41) is 4.75. The van der Waals surface area contributed by atoms with Crippen LogP contribution < -0.4 is 5.32 Å². The maximum Gasteiger partial charge on any atom is 0.0480 e. The summed E-state index contributed by atoms with van der Waals surface area (Å²) in [4.78, 5) is 0. The Balaban J connectivity index is 2.37. The van der Waals surface area contributed by atoms with Gasteiger partial charge in [0.25, 0.3) is 0 Å². The molecular formula is C14H20N2. The van der Waals surface area contributed by atoms with Crippen LogP contribution in [0.5, 0.6) is 0 Å². The second-order valence-corrected chi connectivity index (χ2v) is 4.38. The van der Waals surface area contributed by atoms with E-state index in [0.29, 0.717) is 6.04 Å². The fourth-order valence-electron chi connectivity index (χ4n) is 2.30. The summed E-state index contributed by atoms with van der Waals surface area (Å²) in [7, 11) is 4.16. The van der Waals surface area contributed by atoms with E-state index in [0.717, 1.165) is 6.42 Å². The molecule has 2 aromatic rings. The fraction of sp³-hybridized carbons (Fsp3) is 0.429. The van der Waals surface area contributed by atoms with Crippen LogP contribution in [-0.2, 0) is 13.5 Å². The average molecular weight is 216 g/mol. The van der Waals surface area contributed by atoms with Crippen molar-refractivity contribution in [1.82, 2.24) is 9.88 Å². The van der Waals surface area contributed by atoms with Gasteiger partial charge >= 0.3 is 0 Å². The smallest absolute Gasteiger partial charge is 0.0480 e. The monoisotopic (exact) mass is 216 g/mol. The molecule has 0 aliphatic carbocycles. The maximum absolute atomic E-state index is 3.36. The number of benzene rings is 1. The van der Waals surface area contributed by atoms with E-state index in [1.165, 1.54) is 22.9 Å². The van der Waals surface area contributed by atoms with E-state index in [4.69, 9.17) is 0 Å². The van der Waals surface area contributed by atoms with Crippen LogP contribution in [0.15, 0.2) is 30.5 Å². The van der Waals surface area contributed by atoms with Crippen LogP contribution in [0.25, 0.3) is 10.9 Å². The first-order chi connectivity index (χ1) is 7.76. The first-order valence-corrected chi connectivity index (χ1v) is 5.96. The minimum Gasteiger partial charge on any atom is -0.350 e. The van der Waals surface area contributed by atoms with Crippen LogP contribution in [0.4, 0.5) is 0 Å². The number of aryl methyl sites for hydroxylation is 1. The number of fused-ring (bicyclic) bond motifs is 1. The quantitative estimate of drug-likeness (QED) is 0.831. The molecule has 0 aliphatic heterocycles. The molecule has 0 aliphatic rings. The van der Waals surface area contributed by atoms with Crippen molar-refractivity contribution in [3.05, 3.63) is 36.0 Å². The summed E-state index contributed by atoms with van der Waals surface area (Å²) < 4.78 is 2.22. The van der Waals surface area contributed by atoms with Gasteiger partial charge in [0, 0.05) is 30.2 Å². The zero-order chi connectivity index (χ0) is 11.5. The van der Waals surface area contributed by atoms with E-state index in [1.807, 2.05) is 7.05 Å². The van der Waals surface area contributed by atoms with Gasteiger partial charge < -0.3 is 9.88 Å². The second kappa shape index (κ2) is 4.71. The zero-order valence-corrected chi connectivity index (χ0v) is 10.3. The van der Waals surface area contributed by atoms with Crippen LogP contribution in [0, 0.1) is 0 Å². The Bertz CT molecular complexity index is 467. The van der Waals surface area contributed by atoms with Crippen LogP contribution in [0.3, 0.4) is 0 Å². The number of hydrogen-bond acceptors (Lipinski definition) is 1. The maximum atomic E-state index is 3.36. The first-order valence-electron chi connectivity index (χ1n) is 5.96.